The van der Waals surface area contributed by atoms with E-state index in [1.165, 1.54) is 68.1 Å². The van der Waals surface area contributed by atoms with Crippen LogP contribution in [0.15, 0.2) is 36.4 Å². The summed E-state index contributed by atoms with van der Waals surface area (Å²) in [5, 5.41) is 9.40. The van der Waals surface area contributed by atoms with Crippen LogP contribution in [0.25, 0.3) is 0 Å². The van der Waals surface area contributed by atoms with Crippen LogP contribution in [0, 0.1) is 62.1 Å². The van der Waals surface area contributed by atoms with Gasteiger partial charge in [-0.1, -0.05) is 84.9 Å². The highest BCUT2D eigenvalue weighted by Gasteiger charge is 2.71. The summed E-state index contributed by atoms with van der Waals surface area (Å²) in [5.41, 5.74) is 4.19. The molecule has 1 heterocycles. The van der Waals surface area contributed by atoms with Crippen molar-refractivity contribution in [2.24, 2.45) is 62.1 Å². The van der Waals surface area contributed by atoms with Gasteiger partial charge in [0, 0.05) is 44.1 Å². The monoisotopic (exact) mass is 811 g/mol. The van der Waals surface area contributed by atoms with E-state index in [0.717, 1.165) is 58.3 Å². The first-order valence-corrected chi connectivity index (χ1v) is 23.9. The zero-order valence-electron chi connectivity index (χ0n) is 38.2. The lowest BCUT2D eigenvalue weighted by molar-refractivity contribution is -0.250. The van der Waals surface area contributed by atoms with Gasteiger partial charge in [0.15, 0.2) is 0 Å². The molecule has 0 bridgehead atoms. The van der Waals surface area contributed by atoms with Gasteiger partial charge in [-0.2, -0.15) is 0 Å². The van der Waals surface area contributed by atoms with E-state index in [2.05, 4.69) is 82.2 Å². The number of esters is 1. The van der Waals surface area contributed by atoms with Crippen molar-refractivity contribution in [3.8, 4) is 0 Å². The number of nitrogens with zero attached hydrogens (tertiary/aromatic N) is 2. The number of hydrogen-bond donors (Lipinski definition) is 1. The van der Waals surface area contributed by atoms with Gasteiger partial charge in [0.2, 0.25) is 5.91 Å². The third-order valence-electron chi connectivity index (χ3n) is 19.7. The van der Waals surface area contributed by atoms with Gasteiger partial charge >= 0.3 is 11.9 Å². The van der Waals surface area contributed by atoms with Crippen LogP contribution in [-0.2, 0) is 25.5 Å². The summed E-state index contributed by atoms with van der Waals surface area (Å²) in [5.74, 6) is 1.93. The molecule has 0 aromatic heterocycles. The number of amides is 1. The van der Waals surface area contributed by atoms with Gasteiger partial charge in [-0.05, 0) is 158 Å². The summed E-state index contributed by atoms with van der Waals surface area (Å²) in [7, 11) is 0. The Bertz CT molecular complexity index is 1810. The number of aryl methyl sites for hydroxylation is 1. The molecule has 1 aromatic rings. The van der Waals surface area contributed by atoms with E-state index in [-0.39, 0.29) is 52.0 Å². The number of carboxylic acid groups (broad SMARTS) is 1. The van der Waals surface area contributed by atoms with E-state index in [9.17, 15) is 19.5 Å². The number of carbonyl (C=O) groups is 3. The Morgan fingerprint density at radius 3 is 2.27 bits per heavy atom. The fourth-order valence-electron chi connectivity index (χ4n) is 16.6. The van der Waals surface area contributed by atoms with Crippen molar-refractivity contribution >= 4 is 17.8 Å². The van der Waals surface area contributed by atoms with E-state index in [0.29, 0.717) is 48.0 Å². The average Bonchev–Trinajstić information content (AvgIpc) is 3.55. The third kappa shape index (κ3) is 7.15. The number of fused-ring (bicyclic) bond motifs is 8. The molecule has 1 unspecified atom stereocenters. The van der Waals surface area contributed by atoms with Crippen molar-refractivity contribution in [1.82, 2.24) is 9.80 Å². The van der Waals surface area contributed by atoms with Gasteiger partial charge in [0.1, 0.15) is 6.10 Å². The number of rotatable bonds is 9. The maximum absolute atomic E-state index is 14.6. The Morgan fingerprint density at radius 2 is 1.56 bits per heavy atom. The molecule has 0 spiro atoms. The molecule has 7 aliphatic rings. The molecule has 11 atom stereocenters. The van der Waals surface area contributed by atoms with Gasteiger partial charge in [0.05, 0.1) is 12.8 Å². The fourth-order valence-corrected chi connectivity index (χ4v) is 16.6. The Balaban J connectivity index is 0.973. The molecular weight excluding hydrogens is 733 g/mol. The van der Waals surface area contributed by atoms with Gasteiger partial charge < -0.3 is 14.7 Å². The molecule has 8 rings (SSSR count). The predicted octanol–water partition coefficient (Wildman–Crippen LogP) is 11.1. The number of piperazine rings is 1. The third-order valence-corrected chi connectivity index (χ3v) is 19.7. The lowest BCUT2D eigenvalue weighted by Gasteiger charge is -2.73. The van der Waals surface area contributed by atoms with Crippen molar-refractivity contribution in [2.75, 3.05) is 26.2 Å². The number of aliphatic carboxylic acids is 1. The summed E-state index contributed by atoms with van der Waals surface area (Å²) in [6, 6.07) is 9.52. The molecule has 7 nitrogen and oxygen atoms in total. The summed E-state index contributed by atoms with van der Waals surface area (Å²) in [4.78, 5) is 44.3. The second-order valence-corrected chi connectivity index (χ2v) is 23.5. The Kier molecular flexibility index (Phi) is 11.1. The molecule has 0 radical (unpaired) electrons. The zero-order valence-corrected chi connectivity index (χ0v) is 38.2. The van der Waals surface area contributed by atoms with E-state index in [4.69, 9.17) is 4.74 Å². The van der Waals surface area contributed by atoms with Crippen LogP contribution in [-0.4, -0.2) is 65.0 Å². The van der Waals surface area contributed by atoms with Crippen LogP contribution >= 0.6 is 0 Å². The quantitative estimate of drug-likeness (QED) is 0.197. The lowest BCUT2D eigenvalue weighted by atomic mass is 9.32. The molecule has 1 aliphatic heterocycles. The first-order valence-electron chi connectivity index (χ1n) is 23.9. The van der Waals surface area contributed by atoms with Crippen molar-refractivity contribution in [3.05, 3.63) is 47.5 Å². The Morgan fingerprint density at radius 1 is 0.831 bits per heavy atom. The largest absolute Gasteiger partial charge is 0.481 e. The smallest absolute Gasteiger partial charge is 0.306 e. The van der Waals surface area contributed by atoms with Crippen molar-refractivity contribution in [2.45, 2.75) is 170 Å². The van der Waals surface area contributed by atoms with Crippen LogP contribution in [0.1, 0.15) is 169 Å². The number of carboxylic acids is 1. The average molecular weight is 811 g/mol. The first kappa shape index (κ1) is 43.0. The second-order valence-electron chi connectivity index (χ2n) is 23.5. The minimum atomic E-state index is -0.879. The second kappa shape index (κ2) is 15.3. The van der Waals surface area contributed by atoms with Gasteiger partial charge in [-0.25, -0.2) is 0 Å². The molecule has 1 amide bonds. The highest BCUT2D eigenvalue weighted by atomic mass is 16.5. The highest BCUT2D eigenvalue weighted by Crippen LogP contribution is 2.78. The minimum Gasteiger partial charge on any atom is -0.481 e. The maximum Gasteiger partial charge on any atom is 0.306 e. The number of allylic oxidation sites excluding steroid dienone is 1. The molecule has 1 aromatic carbocycles. The molecule has 326 valence electrons. The topological polar surface area (TPSA) is 87.2 Å². The van der Waals surface area contributed by atoms with Gasteiger partial charge in [-0.3, -0.25) is 19.3 Å². The standard InChI is InChI=1S/C52H78N2O5/c1-34(2)36-19-24-52(31-43(55)54-29-27-53(28-30-54)39-16-12-14-35-13-10-11-15-37(35)39)26-25-50(8)38(46(36)52)17-18-41-49(7)22-21-42(48(5,6)40(49)20-23-51(41,50)9)59-45(58)33-47(3,4)32-44(56)57/h10-11,13,15,36,38-42,46H,1,12,14,16-33H2,2-9H3,(H,56,57)/t36-,38+,39?,40-,41+,42-,46+,49-,50+,51+,52+/m0/s1. The normalized spacial score (nSPS) is 40.4. The van der Waals surface area contributed by atoms with Crippen molar-refractivity contribution in [3.63, 3.8) is 0 Å². The molecule has 7 heteroatoms. The molecule has 1 N–H and O–H groups in total. The molecular formula is C52H78N2O5. The molecule has 6 fully saturated rings. The van der Waals surface area contributed by atoms with Crippen LogP contribution < -0.4 is 0 Å². The van der Waals surface area contributed by atoms with E-state index >= 15 is 0 Å². The van der Waals surface area contributed by atoms with Gasteiger partial charge in [-0.15, -0.1) is 0 Å². The Labute approximate surface area is 356 Å². The van der Waals surface area contributed by atoms with Crippen LogP contribution in [0.4, 0.5) is 0 Å². The van der Waals surface area contributed by atoms with E-state index in [1.807, 2.05) is 13.8 Å². The van der Waals surface area contributed by atoms with Gasteiger partial charge in [0.25, 0.3) is 0 Å². The van der Waals surface area contributed by atoms with Crippen LogP contribution in [0.2, 0.25) is 0 Å². The van der Waals surface area contributed by atoms with E-state index in [1.54, 1.807) is 0 Å². The van der Waals surface area contributed by atoms with Crippen LogP contribution in [0.3, 0.4) is 0 Å². The molecule has 5 saturated carbocycles. The number of carbonyl (C=O) groups excluding carboxylic acids is 2. The molecule has 1 saturated heterocycles. The highest BCUT2D eigenvalue weighted by molar-refractivity contribution is 5.77. The number of benzene rings is 1. The summed E-state index contributed by atoms with van der Waals surface area (Å²) >= 11 is 0. The van der Waals surface area contributed by atoms with Crippen molar-refractivity contribution < 1.29 is 24.2 Å². The minimum absolute atomic E-state index is 0.0456. The van der Waals surface area contributed by atoms with E-state index < -0.39 is 11.4 Å². The fraction of sp³-hybridized carbons (Fsp3) is 0.788. The summed E-state index contributed by atoms with van der Waals surface area (Å²) in [6.07, 6.45) is 15.8. The summed E-state index contributed by atoms with van der Waals surface area (Å²) in [6.45, 7) is 26.9. The number of hydrogen-bond acceptors (Lipinski definition) is 5. The van der Waals surface area contributed by atoms with Crippen molar-refractivity contribution in [1.29, 1.82) is 0 Å². The first-order chi connectivity index (χ1) is 27.7. The summed E-state index contributed by atoms with van der Waals surface area (Å²) < 4.78 is 6.33. The maximum atomic E-state index is 14.6. The molecule has 6 aliphatic carbocycles. The lowest BCUT2D eigenvalue weighted by Crippen LogP contribution is -2.67. The number of ether oxygens (including phenoxy) is 1. The van der Waals surface area contributed by atoms with Crippen LogP contribution in [0.5, 0.6) is 0 Å². The SMILES string of the molecule is C=C(C)[C@@H]1CC[C@]2(CC(=O)N3CCN(C4CCCc5ccccc54)CC3)CC[C@]3(C)[C@H](CC[C@@H]4[C@@]5(C)CC[C@H](OC(=O)CC(C)(C)CC(=O)O)C(C)(C)[C@@H]5CC[C@]43C)[C@@H]12. The molecule has 59 heavy (non-hydrogen) atoms. The Hall–Kier alpha value is -2.67. The predicted molar refractivity (Wildman–Crippen MR) is 234 cm³/mol. The zero-order chi connectivity index (χ0) is 42.3.